The minimum atomic E-state index is -3.23. The number of nitrogens with zero attached hydrogens (tertiary/aromatic N) is 1. The average Bonchev–Trinajstić information content (AvgIpc) is 2.87. The maximum atomic E-state index is 13.9. The zero-order chi connectivity index (χ0) is 15.5. The highest BCUT2D eigenvalue weighted by Crippen LogP contribution is 2.28. The number of hydrogen-bond donors (Lipinski definition) is 1. The highest BCUT2D eigenvalue weighted by atomic mass is 19.3. The van der Waals surface area contributed by atoms with Gasteiger partial charge in [-0.25, -0.2) is 4.79 Å². The Morgan fingerprint density at radius 3 is 2.62 bits per heavy atom. The lowest BCUT2D eigenvalue weighted by molar-refractivity contribution is -0.0665. The fourth-order valence-corrected chi connectivity index (χ4v) is 1.96. The van der Waals surface area contributed by atoms with E-state index in [9.17, 15) is 13.6 Å². The predicted molar refractivity (Wildman–Crippen MR) is 75.1 cm³/mol. The third-order valence-corrected chi connectivity index (χ3v) is 3.05. The Balaban J connectivity index is 2.07. The van der Waals surface area contributed by atoms with Crippen LogP contribution in [0.3, 0.4) is 0 Å². The number of anilines is 1. The van der Waals surface area contributed by atoms with Crippen LogP contribution < -0.4 is 5.73 Å². The third-order valence-electron chi connectivity index (χ3n) is 3.05. The summed E-state index contributed by atoms with van der Waals surface area (Å²) in [6, 6.07) is 8.65. The number of alkyl halides is 2. The molecule has 0 saturated heterocycles. The molecule has 0 radical (unpaired) electrons. The summed E-state index contributed by atoms with van der Waals surface area (Å²) < 4.78 is 34.1. The van der Waals surface area contributed by atoms with E-state index in [1.165, 1.54) is 30.3 Å². The van der Waals surface area contributed by atoms with Crippen molar-refractivity contribution in [1.82, 2.24) is 4.57 Å². The quantitative estimate of drug-likeness (QED) is 0.862. The van der Waals surface area contributed by atoms with Crippen LogP contribution in [0, 0.1) is 0 Å². The van der Waals surface area contributed by atoms with Gasteiger partial charge < -0.3 is 15.0 Å². The number of hydrogen-bond acceptors (Lipinski definition) is 3. The van der Waals surface area contributed by atoms with E-state index in [0.717, 1.165) is 0 Å². The van der Waals surface area contributed by atoms with E-state index in [4.69, 9.17) is 10.5 Å². The maximum Gasteiger partial charge on any atom is 0.355 e. The second kappa shape index (κ2) is 5.95. The largest absolute Gasteiger partial charge is 0.454 e. The molecule has 112 valence electrons. The summed E-state index contributed by atoms with van der Waals surface area (Å²) in [5, 5.41) is 0. The van der Waals surface area contributed by atoms with Gasteiger partial charge in [-0.1, -0.05) is 30.3 Å². The van der Waals surface area contributed by atoms with Crippen molar-refractivity contribution >= 4 is 11.7 Å². The molecule has 2 aromatic rings. The Hall–Kier alpha value is -2.37. The number of halogens is 2. The fourth-order valence-electron chi connectivity index (χ4n) is 1.96. The summed E-state index contributed by atoms with van der Waals surface area (Å²) in [5.41, 5.74) is 5.95. The van der Waals surface area contributed by atoms with Gasteiger partial charge in [-0.2, -0.15) is 8.78 Å². The van der Waals surface area contributed by atoms with Crippen molar-refractivity contribution in [2.45, 2.75) is 19.4 Å². The zero-order valence-corrected chi connectivity index (χ0v) is 11.6. The number of esters is 1. The van der Waals surface area contributed by atoms with Crippen LogP contribution in [0.5, 0.6) is 0 Å². The first-order valence-corrected chi connectivity index (χ1v) is 6.50. The van der Waals surface area contributed by atoms with Crippen molar-refractivity contribution in [3.63, 3.8) is 0 Å². The molecular weight excluding hydrogens is 278 g/mol. The number of rotatable bonds is 5. The predicted octanol–water partition coefficient (Wildman–Crippen LogP) is 3.04. The van der Waals surface area contributed by atoms with Crippen LogP contribution >= 0.6 is 0 Å². The molecule has 0 aliphatic heterocycles. The molecule has 0 atom stereocenters. The fraction of sp³-hybridized carbons (Fsp3) is 0.267. The van der Waals surface area contributed by atoms with E-state index < -0.39 is 18.5 Å². The van der Waals surface area contributed by atoms with Gasteiger partial charge in [-0.3, -0.25) is 0 Å². The molecule has 0 aliphatic rings. The monoisotopic (exact) mass is 294 g/mol. The molecule has 0 bridgehead atoms. The highest BCUT2D eigenvalue weighted by Gasteiger charge is 2.33. The van der Waals surface area contributed by atoms with E-state index >= 15 is 0 Å². The second-order valence-electron chi connectivity index (χ2n) is 4.59. The SMILES string of the molecule is CCn1cc(N)cc1C(=O)OCC(F)(F)c1ccccc1. The lowest BCUT2D eigenvalue weighted by atomic mass is 10.1. The Labute approximate surface area is 121 Å². The minimum Gasteiger partial charge on any atom is -0.454 e. The van der Waals surface area contributed by atoms with Crippen LogP contribution in [0.15, 0.2) is 42.6 Å². The number of nitrogens with two attached hydrogens (primary N) is 1. The lowest BCUT2D eigenvalue weighted by Gasteiger charge is -2.16. The van der Waals surface area contributed by atoms with Gasteiger partial charge in [-0.05, 0) is 13.0 Å². The number of ether oxygens (including phenoxy) is 1. The van der Waals surface area contributed by atoms with Gasteiger partial charge in [-0.15, -0.1) is 0 Å². The highest BCUT2D eigenvalue weighted by molar-refractivity contribution is 5.89. The lowest BCUT2D eigenvalue weighted by Crippen LogP contribution is -2.24. The molecule has 1 aromatic carbocycles. The molecule has 2 N–H and O–H groups in total. The summed E-state index contributed by atoms with van der Waals surface area (Å²) in [6.45, 7) is 1.30. The molecule has 0 saturated carbocycles. The Morgan fingerprint density at radius 1 is 1.33 bits per heavy atom. The van der Waals surface area contributed by atoms with Gasteiger partial charge >= 0.3 is 11.9 Å². The van der Waals surface area contributed by atoms with E-state index in [-0.39, 0.29) is 11.3 Å². The molecule has 0 unspecified atom stereocenters. The van der Waals surface area contributed by atoms with Gasteiger partial charge in [0.05, 0.1) is 5.69 Å². The zero-order valence-electron chi connectivity index (χ0n) is 11.6. The number of aryl methyl sites for hydroxylation is 1. The van der Waals surface area contributed by atoms with Crippen LogP contribution in [0.1, 0.15) is 23.0 Å². The summed E-state index contributed by atoms with van der Waals surface area (Å²) in [7, 11) is 0. The summed E-state index contributed by atoms with van der Waals surface area (Å²) in [5.74, 6) is -4.05. The number of aromatic nitrogens is 1. The first-order chi connectivity index (χ1) is 9.94. The molecule has 1 heterocycles. The van der Waals surface area contributed by atoms with Crippen molar-refractivity contribution in [2.75, 3.05) is 12.3 Å². The maximum absolute atomic E-state index is 13.9. The molecule has 6 heteroatoms. The van der Waals surface area contributed by atoms with Gasteiger partial charge in [0.25, 0.3) is 0 Å². The Kier molecular flexibility index (Phi) is 4.26. The molecule has 4 nitrogen and oxygen atoms in total. The summed E-state index contributed by atoms with van der Waals surface area (Å²) >= 11 is 0. The summed E-state index contributed by atoms with van der Waals surface area (Å²) in [6.07, 6.45) is 1.56. The molecule has 0 aliphatic carbocycles. The number of carbonyl (C=O) groups is 1. The number of benzene rings is 1. The smallest absolute Gasteiger partial charge is 0.355 e. The van der Waals surface area contributed by atoms with E-state index in [1.807, 2.05) is 6.92 Å². The molecule has 1 aromatic heterocycles. The van der Waals surface area contributed by atoms with Crippen LogP contribution in [-0.2, 0) is 17.2 Å². The molecule has 0 spiro atoms. The van der Waals surface area contributed by atoms with Gasteiger partial charge in [0.1, 0.15) is 5.69 Å². The van der Waals surface area contributed by atoms with Gasteiger partial charge in [0, 0.05) is 18.3 Å². The second-order valence-corrected chi connectivity index (χ2v) is 4.59. The van der Waals surface area contributed by atoms with Crippen molar-refractivity contribution in [1.29, 1.82) is 0 Å². The summed E-state index contributed by atoms with van der Waals surface area (Å²) in [4.78, 5) is 11.9. The third kappa shape index (κ3) is 3.39. The number of carbonyl (C=O) groups excluding carboxylic acids is 1. The molecule has 2 rings (SSSR count). The first-order valence-electron chi connectivity index (χ1n) is 6.50. The molecule has 0 fully saturated rings. The average molecular weight is 294 g/mol. The van der Waals surface area contributed by atoms with Crippen molar-refractivity contribution in [3.8, 4) is 0 Å². The van der Waals surface area contributed by atoms with Gasteiger partial charge in [0.2, 0.25) is 0 Å². The van der Waals surface area contributed by atoms with E-state index in [0.29, 0.717) is 12.2 Å². The van der Waals surface area contributed by atoms with Crippen molar-refractivity contribution < 1.29 is 18.3 Å². The minimum absolute atomic E-state index is 0.166. The Morgan fingerprint density at radius 2 is 2.00 bits per heavy atom. The standard InChI is InChI=1S/C15H16F2N2O2/c1-2-19-9-12(18)8-13(19)14(20)21-10-15(16,17)11-6-4-3-5-7-11/h3-9H,2,10,18H2,1H3. The van der Waals surface area contributed by atoms with Crippen LogP contribution in [0.2, 0.25) is 0 Å². The van der Waals surface area contributed by atoms with Crippen LogP contribution in [0.25, 0.3) is 0 Å². The molecule has 21 heavy (non-hydrogen) atoms. The van der Waals surface area contributed by atoms with Crippen molar-refractivity contribution in [3.05, 3.63) is 53.9 Å². The Bertz CT molecular complexity index is 624. The molecular formula is C15H16F2N2O2. The van der Waals surface area contributed by atoms with Crippen LogP contribution in [0.4, 0.5) is 14.5 Å². The van der Waals surface area contributed by atoms with E-state index in [2.05, 4.69) is 0 Å². The molecule has 0 amide bonds. The van der Waals surface area contributed by atoms with Gasteiger partial charge in [0.15, 0.2) is 6.61 Å². The normalized spacial score (nSPS) is 11.4. The number of nitrogen functional groups attached to an aromatic ring is 1. The van der Waals surface area contributed by atoms with Crippen molar-refractivity contribution in [2.24, 2.45) is 0 Å². The van der Waals surface area contributed by atoms with Crippen LogP contribution in [-0.4, -0.2) is 17.1 Å². The first kappa shape index (κ1) is 15.0. The topological polar surface area (TPSA) is 57.2 Å². The van der Waals surface area contributed by atoms with E-state index in [1.54, 1.807) is 16.8 Å².